The van der Waals surface area contributed by atoms with Crippen LogP contribution in [0, 0.1) is 0 Å². The van der Waals surface area contributed by atoms with Crippen molar-refractivity contribution in [1.82, 2.24) is 0 Å². The normalized spacial score (nSPS) is 33.8. The molecule has 41 heavy (non-hydrogen) atoms. The Kier molecular flexibility index (Phi) is 11.0. The molecule has 4 heterocycles. The third-order valence-electron chi connectivity index (χ3n) is 7.28. The fourth-order valence-electron chi connectivity index (χ4n) is 4.89. The summed E-state index contributed by atoms with van der Waals surface area (Å²) in [5, 5.41) is 79.1. The molecule has 2 aliphatic rings. The van der Waals surface area contributed by atoms with E-state index in [1.165, 1.54) is 16.5 Å². The molecule has 11 nitrogen and oxygen atoms in total. The topological polar surface area (TPSA) is 190 Å². The van der Waals surface area contributed by atoms with Gasteiger partial charge in [0.2, 0.25) is 0 Å². The number of hydrogen-bond donors (Lipinski definition) is 8. The molecular formula is C27H35ClO11S2. The van der Waals surface area contributed by atoms with Crippen LogP contribution < -0.4 is 4.74 Å². The average molecular weight is 635 g/mol. The second kappa shape index (κ2) is 13.9. The third-order valence-corrected chi connectivity index (χ3v) is 9.73. The Hall–Kier alpha value is -1.43. The minimum atomic E-state index is -1.46. The quantitative estimate of drug-likeness (QED) is 0.189. The molecule has 0 amide bonds. The van der Waals surface area contributed by atoms with Crippen LogP contribution in [0.4, 0.5) is 0 Å². The minimum Gasteiger partial charge on any atom is -0.496 e. The number of ether oxygens (including phenoxy) is 3. The predicted octanol–water partition coefficient (Wildman–Crippen LogP) is 0.579. The van der Waals surface area contributed by atoms with Crippen molar-refractivity contribution in [3.05, 3.63) is 50.7 Å². The van der Waals surface area contributed by atoms with Crippen LogP contribution in [0.1, 0.15) is 29.0 Å². The van der Waals surface area contributed by atoms with E-state index in [1.54, 1.807) is 41.7 Å². The van der Waals surface area contributed by atoms with Crippen molar-refractivity contribution in [3.8, 4) is 5.75 Å². The molecule has 228 valence electrons. The number of fused-ring (bicyclic) bond motifs is 1. The van der Waals surface area contributed by atoms with Gasteiger partial charge in [-0.05, 0) is 42.1 Å². The molecule has 10 atom stereocenters. The Morgan fingerprint density at radius 2 is 1.46 bits per heavy atom. The number of methoxy groups -OCH3 is 1. The van der Waals surface area contributed by atoms with Crippen molar-refractivity contribution in [2.75, 3.05) is 20.3 Å². The highest BCUT2D eigenvalue weighted by Crippen LogP contribution is 2.40. The van der Waals surface area contributed by atoms with E-state index in [-0.39, 0.29) is 6.61 Å². The summed E-state index contributed by atoms with van der Waals surface area (Å²) in [4.78, 5) is 1.15. The van der Waals surface area contributed by atoms with Gasteiger partial charge in [0.1, 0.15) is 60.7 Å². The monoisotopic (exact) mass is 634 g/mol. The van der Waals surface area contributed by atoms with Crippen molar-refractivity contribution in [2.45, 2.75) is 74.4 Å². The molecule has 14 heteroatoms. The molecule has 0 bridgehead atoms. The molecule has 2 aromatic heterocycles. The van der Waals surface area contributed by atoms with Crippen LogP contribution in [0.3, 0.4) is 0 Å². The first-order chi connectivity index (χ1) is 19.5. The number of halogens is 1. The van der Waals surface area contributed by atoms with E-state index in [0.717, 1.165) is 10.4 Å². The second-order valence-electron chi connectivity index (χ2n) is 10.0. The first kappa shape index (κ1) is 32.5. The number of rotatable bonds is 6. The van der Waals surface area contributed by atoms with Gasteiger partial charge in [-0.1, -0.05) is 11.6 Å². The number of thiophene rings is 2. The SMILES string of the molecule is COc1cc(Cl)c(Cc2cc3sccc3s2)cc1[C@@H]1O[C@H](CO)[C@@H](O)[C@H](O)[C@H]1O.C[C@@H]1O[C@H](CO)[C@@H](O)[C@H](O)[C@H]1O. The van der Waals surface area contributed by atoms with Crippen molar-refractivity contribution in [3.63, 3.8) is 0 Å². The molecule has 1 aromatic carbocycles. The summed E-state index contributed by atoms with van der Waals surface area (Å²) >= 11 is 9.87. The summed E-state index contributed by atoms with van der Waals surface area (Å²) < 4.78 is 18.6. The van der Waals surface area contributed by atoms with Gasteiger partial charge < -0.3 is 55.1 Å². The van der Waals surface area contributed by atoms with Gasteiger partial charge in [0.15, 0.2) is 0 Å². The molecule has 2 aliphatic heterocycles. The fraction of sp³-hybridized carbons (Fsp3) is 0.556. The van der Waals surface area contributed by atoms with Crippen LogP contribution >= 0.6 is 34.3 Å². The number of hydrogen-bond acceptors (Lipinski definition) is 13. The molecule has 5 rings (SSSR count). The Morgan fingerprint density at radius 3 is 2.07 bits per heavy atom. The highest BCUT2D eigenvalue weighted by atomic mass is 35.5. The second-order valence-corrected chi connectivity index (χ2v) is 12.5. The van der Waals surface area contributed by atoms with Crippen LogP contribution in [0.2, 0.25) is 5.02 Å². The lowest BCUT2D eigenvalue weighted by molar-refractivity contribution is -0.232. The van der Waals surface area contributed by atoms with Crippen LogP contribution in [0.25, 0.3) is 9.40 Å². The van der Waals surface area contributed by atoms with Crippen molar-refractivity contribution in [1.29, 1.82) is 0 Å². The molecule has 0 spiro atoms. The largest absolute Gasteiger partial charge is 0.496 e. The summed E-state index contributed by atoms with van der Waals surface area (Å²) in [6.45, 7) is 0.716. The highest BCUT2D eigenvalue weighted by molar-refractivity contribution is 7.26. The van der Waals surface area contributed by atoms with E-state index in [2.05, 4.69) is 17.5 Å². The first-order valence-electron chi connectivity index (χ1n) is 12.9. The lowest BCUT2D eigenvalue weighted by Crippen LogP contribution is -2.57. The van der Waals surface area contributed by atoms with E-state index in [9.17, 15) is 35.7 Å². The van der Waals surface area contributed by atoms with Gasteiger partial charge in [-0.25, -0.2) is 0 Å². The Labute approximate surface area is 249 Å². The van der Waals surface area contributed by atoms with Gasteiger partial charge >= 0.3 is 0 Å². The minimum absolute atomic E-state index is 0.366. The summed E-state index contributed by atoms with van der Waals surface area (Å²) in [6.07, 6.45) is -10.6. The Bertz CT molecular complexity index is 1250. The maximum absolute atomic E-state index is 10.5. The van der Waals surface area contributed by atoms with E-state index in [1.807, 2.05) is 0 Å². The van der Waals surface area contributed by atoms with Crippen LogP contribution in [-0.4, -0.2) is 116 Å². The molecule has 3 aromatic rings. The summed E-state index contributed by atoms with van der Waals surface area (Å²) in [5.74, 6) is 0.398. The van der Waals surface area contributed by atoms with E-state index >= 15 is 0 Å². The average Bonchev–Trinajstić information content (AvgIpc) is 3.56. The maximum atomic E-state index is 10.5. The third kappa shape index (κ3) is 6.88. The van der Waals surface area contributed by atoms with Crippen molar-refractivity contribution in [2.24, 2.45) is 0 Å². The van der Waals surface area contributed by atoms with Crippen LogP contribution in [0.5, 0.6) is 5.75 Å². The van der Waals surface area contributed by atoms with Gasteiger partial charge in [-0.2, -0.15) is 0 Å². The summed E-state index contributed by atoms with van der Waals surface area (Å²) in [7, 11) is 1.48. The standard InChI is InChI=1S/C20H21ClO6S2.C7H14O5/c1-26-13-7-12(21)9(4-10-6-16-15(29-10)2-3-28-16)5-11(13)20-19(25)18(24)17(23)14(8-22)27-20;1-3-5(9)7(11)6(10)4(2-8)12-3/h2-3,5-7,14,17-20,22-25H,4,8H2,1H3;3-11H,2H2,1H3/t14-,17-,18+,19-,20+;3-,4+,5-,6+,7+/m10/s1. The Morgan fingerprint density at radius 1 is 0.829 bits per heavy atom. The van der Waals surface area contributed by atoms with Gasteiger partial charge in [-0.3, -0.25) is 0 Å². The smallest absolute Gasteiger partial charge is 0.126 e. The van der Waals surface area contributed by atoms with E-state index < -0.39 is 67.6 Å². The molecular weight excluding hydrogens is 600 g/mol. The molecule has 0 aliphatic carbocycles. The number of benzene rings is 1. The van der Waals surface area contributed by atoms with Crippen LogP contribution in [-0.2, 0) is 15.9 Å². The zero-order chi connectivity index (χ0) is 30.0. The number of aliphatic hydroxyl groups excluding tert-OH is 8. The van der Waals surface area contributed by atoms with Gasteiger partial charge in [0, 0.05) is 31.3 Å². The lowest BCUT2D eigenvalue weighted by Gasteiger charge is -2.40. The maximum Gasteiger partial charge on any atom is 0.126 e. The van der Waals surface area contributed by atoms with E-state index in [4.69, 9.17) is 30.9 Å². The van der Waals surface area contributed by atoms with Crippen molar-refractivity contribution < 1.29 is 55.1 Å². The van der Waals surface area contributed by atoms with Crippen LogP contribution in [0.15, 0.2) is 29.6 Å². The van der Waals surface area contributed by atoms with Gasteiger partial charge in [-0.15, -0.1) is 22.7 Å². The predicted molar refractivity (Wildman–Crippen MR) is 153 cm³/mol. The van der Waals surface area contributed by atoms with E-state index in [0.29, 0.717) is 22.8 Å². The highest BCUT2D eigenvalue weighted by Gasteiger charge is 2.45. The fourth-order valence-corrected chi connectivity index (χ4v) is 7.27. The molecule has 0 saturated carbocycles. The lowest BCUT2D eigenvalue weighted by atomic mass is 9.90. The summed E-state index contributed by atoms with van der Waals surface area (Å²) in [5.41, 5.74) is 1.33. The van der Waals surface area contributed by atoms with Crippen molar-refractivity contribution >= 4 is 43.7 Å². The molecule has 8 N–H and O–H groups in total. The Balaban J connectivity index is 0.000000271. The molecule has 2 saturated heterocycles. The number of aliphatic hydroxyl groups is 8. The van der Waals surface area contributed by atoms with Gasteiger partial charge in [0.05, 0.1) is 26.4 Å². The first-order valence-corrected chi connectivity index (χ1v) is 15.0. The summed E-state index contributed by atoms with van der Waals surface area (Å²) in [6, 6.07) is 7.67. The van der Waals surface area contributed by atoms with Gasteiger partial charge in [0.25, 0.3) is 0 Å². The zero-order valence-electron chi connectivity index (χ0n) is 22.3. The molecule has 0 unspecified atom stereocenters. The molecule has 2 fully saturated rings. The molecule has 0 radical (unpaired) electrons. The zero-order valence-corrected chi connectivity index (χ0v) is 24.7.